The highest BCUT2D eigenvalue weighted by molar-refractivity contribution is 5.92. The molecular formula is C15H12N2O7. The van der Waals surface area contributed by atoms with Crippen molar-refractivity contribution >= 4 is 28.8 Å². The van der Waals surface area contributed by atoms with Crippen LogP contribution >= 0.6 is 0 Å². The number of fused-ring (bicyclic) bond motifs is 1. The average Bonchev–Trinajstić information content (AvgIpc) is 2.88. The number of nitrogens with zero attached hydrogens (tertiary/aromatic N) is 1. The minimum atomic E-state index is -2.77. The third kappa shape index (κ3) is 3.50. The van der Waals surface area contributed by atoms with Crippen LogP contribution in [0.2, 0.25) is 0 Å². The number of aliphatic hydroxyl groups is 1. The van der Waals surface area contributed by atoms with Crippen molar-refractivity contribution in [2.45, 2.75) is 18.4 Å². The zero-order chi connectivity index (χ0) is 17.9. The summed E-state index contributed by atoms with van der Waals surface area (Å²) in [5, 5.41) is 36.7. The third-order valence-electron chi connectivity index (χ3n) is 3.28. The van der Waals surface area contributed by atoms with Gasteiger partial charge in [-0.05, 0) is 18.2 Å². The maximum Gasteiger partial charge on any atom is 0.336 e. The molecule has 0 fully saturated rings. The number of carbonyl (C=O) groups is 3. The second-order valence-corrected chi connectivity index (χ2v) is 5.08. The first-order valence-corrected chi connectivity index (χ1v) is 6.64. The van der Waals surface area contributed by atoms with E-state index in [0.717, 1.165) is 0 Å². The number of rotatable bonds is 6. The lowest BCUT2D eigenvalue weighted by Gasteiger charge is -2.19. The van der Waals surface area contributed by atoms with E-state index in [4.69, 9.17) is 20.2 Å². The zero-order valence-corrected chi connectivity index (χ0v) is 12.1. The van der Waals surface area contributed by atoms with E-state index in [-0.39, 0.29) is 5.75 Å². The molecule has 124 valence electrons. The quantitative estimate of drug-likeness (QED) is 0.560. The van der Waals surface area contributed by atoms with Crippen LogP contribution in [0.1, 0.15) is 18.4 Å². The molecule has 9 nitrogen and oxygen atoms in total. The van der Waals surface area contributed by atoms with E-state index in [1.165, 1.54) is 12.3 Å². The minimum Gasteiger partial charge on any atom is -0.481 e. The Morgan fingerprint density at radius 3 is 2.54 bits per heavy atom. The Bertz CT molecular complexity index is 864. The van der Waals surface area contributed by atoms with Crippen LogP contribution in [-0.2, 0) is 14.4 Å². The van der Waals surface area contributed by atoms with E-state index in [9.17, 15) is 19.5 Å². The molecule has 1 aromatic heterocycles. The van der Waals surface area contributed by atoms with E-state index in [1.54, 1.807) is 12.1 Å². The maximum absolute atomic E-state index is 11.9. The summed E-state index contributed by atoms with van der Waals surface area (Å²) in [7, 11) is 0. The summed E-state index contributed by atoms with van der Waals surface area (Å²) < 4.78 is 5.00. The number of aromatic amines is 1. The number of carboxylic acids is 2. The fraction of sp³-hybridized carbons (Fsp3) is 0.200. The lowest BCUT2D eigenvalue weighted by atomic mass is 9.96. The van der Waals surface area contributed by atoms with Crippen LogP contribution in [0.15, 0.2) is 24.4 Å². The van der Waals surface area contributed by atoms with Crippen LogP contribution < -0.4 is 4.74 Å². The molecule has 0 saturated heterocycles. The zero-order valence-electron chi connectivity index (χ0n) is 12.1. The van der Waals surface area contributed by atoms with Crippen molar-refractivity contribution in [3.05, 3.63) is 30.0 Å². The predicted octanol–water partition coefficient (Wildman–Crippen LogP) is 0.625. The first kappa shape index (κ1) is 17.0. The second-order valence-electron chi connectivity index (χ2n) is 5.08. The molecule has 0 aliphatic rings. The number of H-pyrrole nitrogens is 1. The van der Waals surface area contributed by atoms with Gasteiger partial charge in [0, 0.05) is 17.1 Å². The lowest BCUT2D eigenvalue weighted by molar-refractivity contribution is -0.169. The topological polar surface area (TPSA) is 161 Å². The SMILES string of the molecule is N#Cc1ccc2[nH]cc(OC(=O)CC(O)(CC(=O)O)C(=O)O)c2c1. The van der Waals surface area contributed by atoms with Gasteiger partial charge in [0.25, 0.3) is 0 Å². The Labute approximate surface area is 134 Å². The average molecular weight is 332 g/mol. The Balaban J connectivity index is 2.22. The van der Waals surface area contributed by atoms with Crippen molar-refractivity contribution in [3.63, 3.8) is 0 Å². The van der Waals surface area contributed by atoms with Crippen molar-refractivity contribution in [1.29, 1.82) is 5.26 Å². The molecule has 2 rings (SSSR count). The Kier molecular flexibility index (Phi) is 4.52. The molecule has 1 heterocycles. The van der Waals surface area contributed by atoms with Crippen LogP contribution in [-0.4, -0.2) is 43.8 Å². The number of carboxylic acid groups (broad SMARTS) is 2. The maximum atomic E-state index is 11.9. The summed E-state index contributed by atoms with van der Waals surface area (Å²) in [6.07, 6.45) is -0.857. The summed E-state index contributed by atoms with van der Waals surface area (Å²) in [6, 6.07) is 6.55. The number of carbonyl (C=O) groups excluding carboxylic acids is 1. The van der Waals surface area contributed by atoms with Gasteiger partial charge in [-0.15, -0.1) is 0 Å². The molecule has 0 amide bonds. The summed E-state index contributed by atoms with van der Waals surface area (Å²) in [4.78, 5) is 36.4. The molecule has 24 heavy (non-hydrogen) atoms. The third-order valence-corrected chi connectivity index (χ3v) is 3.28. The molecule has 1 unspecified atom stereocenters. The van der Waals surface area contributed by atoms with Gasteiger partial charge in [0.1, 0.15) is 0 Å². The van der Waals surface area contributed by atoms with E-state index < -0.39 is 36.4 Å². The molecule has 0 aliphatic heterocycles. The van der Waals surface area contributed by atoms with Crippen molar-refractivity contribution < 1.29 is 34.4 Å². The molecule has 1 atom stereocenters. The van der Waals surface area contributed by atoms with Crippen LogP contribution in [0.25, 0.3) is 10.9 Å². The molecule has 0 saturated carbocycles. The highest BCUT2D eigenvalue weighted by atomic mass is 16.5. The number of aliphatic carboxylic acids is 2. The number of nitrogens with one attached hydrogen (secondary N) is 1. The minimum absolute atomic E-state index is 0.0372. The van der Waals surface area contributed by atoms with Gasteiger partial charge < -0.3 is 25.0 Å². The second kappa shape index (κ2) is 6.39. The van der Waals surface area contributed by atoms with Crippen molar-refractivity contribution in [1.82, 2.24) is 4.98 Å². The van der Waals surface area contributed by atoms with Crippen LogP contribution in [0, 0.1) is 11.3 Å². The van der Waals surface area contributed by atoms with Crippen LogP contribution in [0.5, 0.6) is 5.75 Å². The van der Waals surface area contributed by atoms with Crippen molar-refractivity contribution in [2.75, 3.05) is 0 Å². The molecule has 0 aliphatic carbocycles. The molecule has 1 aromatic carbocycles. The fourth-order valence-electron chi connectivity index (χ4n) is 2.11. The molecule has 2 aromatic rings. The van der Waals surface area contributed by atoms with Crippen LogP contribution in [0.4, 0.5) is 0 Å². The van der Waals surface area contributed by atoms with E-state index >= 15 is 0 Å². The van der Waals surface area contributed by atoms with Gasteiger partial charge in [0.2, 0.25) is 0 Å². The van der Waals surface area contributed by atoms with Crippen molar-refractivity contribution in [3.8, 4) is 11.8 Å². The van der Waals surface area contributed by atoms with Gasteiger partial charge in [-0.25, -0.2) is 4.79 Å². The number of aromatic nitrogens is 1. The Hall–Kier alpha value is -3.38. The van der Waals surface area contributed by atoms with Gasteiger partial charge in [-0.3, -0.25) is 9.59 Å². The lowest BCUT2D eigenvalue weighted by Crippen LogP contribution is -2.43. The summed E-state index contributed by atoms with van der Waals surface area (Å²) >= 11 is 0. The first-order valence-electron chi connectivity index (χ1n) is 6.64. The number of ether oxygens (including phenoxy) is 1. The van der Waals surface area contributed by atoms with Gasteiger partial charge in [0.15, 0.2) is 11.4 Å². The highest BCUT2D eigenvalue weighted by Crippen LogP contribution is 2.27. The van der Waals surface area contributed by atoms with Gasteiger partial charge in [0.05, 0.1) is 24.5 Å². The largest absolute Gasteiger partial charge is 0.481 e. The summed E-state index contributed by atoms with van der Waals surface area (Å²) in [5.74, 6) is -4.49. The fourth-order valence-corrected chi connectivity index (χ4v) is 2.11. The number of benzene rings is 1. The molecule has 0 bridgehead atoms. The van der Waals surface area contributed by atoms with Crippen LogP contribution in [0.3, 0.4) is 0 Å². The molecule has 0 spiro atoms. The highest BCUT2D eigenvalue weighted by Gasteiger charge is 2.41. The molecule has 4 N–H and O–H groups in total. The monoisotopic (exact) mass is 332 g/mol. The summed E-state index contributed by atoms with van der Waals surface area (Å²) in [5.41, 5.74) is -1.87. The van der Waals surface area contributed by atoms with E-state index in [0.29, 0.717) is 16.5 Å². The number of nitriles is 1. The Morgan fingerprint density at radius 1 is 1.25 bits per heavy atom. The smallest absolute Gasteiger partial charge is 0.336 e. The predicted molar refractivity (Wildman–Crippen MR) is 78.1 cm³/mol. The van der Waals surface area contributed by atoms with Gasteiger partial charge >= 0.3 is 17.9 Å². The molecule has 0 radical (unpaired) electrons. The van der Waals surface area contributed by atoms with Gasteiger partial charge in [-0.1, -0.05) is 0 Å². The first-order chi connectivity index (χ1) is 11.2. The number of esters is 1. The molecule has 9 heteroatoms. The Morgan fingerprint density at radius 2 is 1.96 bits per heavy atom. The van der Waals surface area contributed by atoms with E-state index in [2.05, 4.69) is 4.98 Å². The standard InChI is InChI=1S/C15H12N2O7/c16-6-8-1-2-10-9(3-8)11(7-17-10)24-13(20)5-15(23,14(21)22)4-12(18)19/h1-3,7,17,23H,4-5H2,(H,18,19)(H,21,22). The summed E-state index contributed by atoms with van der Waals surface area (Å²) in [6.45, 7) is 0. The normalized spacial score (nSPS) is 13.0. The van der Waals surface area contributed by atoms with Crippen molar-refractivity contribution in [2.24, 2.45) is 0 Å². The number of hydrogen-bond acceptors (Lipinski definition) is 6. The van der Waals surface area contributed by atoms with E-state index in [1.807, 2.05) is 6.07 Å². The number of hydrogen-bond donors (Lipinski definition) is 4. The molecular weight excluding hydrogens is 320 g/mol. The van der Waals surface area contributed by atoms with Gasteiger partial charge in [-0.2, -0.15) is 5.26 Å².